The molecule has 1 saturated heterocycles. The molecular weight excluding hydrogens is 146 g/mol. The first kappa shape index (κ1) is 8.49. The van der Waals surface area contributed by atoms with Crippen LogP contribution >= 0.6 is 0 Å². The van der Waals surface area contributed by atoms with Gasteiger partial charge in [-0.25, -0.2) is 0 Å². The minimum atomic E-state index is -1.05. The lowest BCUT2D eigenvalue weighted by Crippen LogP contribution is -2.38. The van der Waals surface area contributed by atoms with Crippen LogP contribution in [0.4, 0.5) is 0 Å². The summed E-state index contributed by atoms with van der Waals surface area (Å²) in [7, 11) is 0. The van der Waals surface area contributed by atoms with Gasteiger partial charge in [0.15, 0.2) is 0 Å². The summed E-state index contributed by atoms with van der Waals surface area (Å²) in [6, 6.07) is 0. The van der Waals surface area contributed by atoms with E-state index in [4.69, 9.17) is 5.11 Å². The van der Waals surface area contributed by atoms with E-state index in [-0.39, 0.29) is 19.1 Å². The molecule has 1 fully saturated rings. The Morgan fingerprint density at radius 1 is 1.73 bits per heavy atom. The molecular formula is C7H13NO3. The van der Waals surface area contributed by atoms with E-state index < -0.39 is 5.60 Å². The van der Waals surface area contributed by atoms with Crippen LogP contribution in [0.5, 0.6) is 0 Å². The van der Waals surface area contributed by atoms with Gasteiger partial charge in [0, 0.05) is 13.5 Å². The fraction of sp³-hybridized carbons (Fsp3) is 0.857. The van der Waals surface area contributed by atoms with E-state index >= 15 is 0 Å². The van der Waals surface area contributed by atoms with Gasteiger partial charge in [-0.05, 0) is 6.42 Å². The zero-order valence-corrected chi connectivity index (χ0v) is 6.58. The van der Waals surface area contributed by atoms with Crippen molar-refractivity contribution in [1.82, 2.24) is 4.90 Å². The zero-order chi connectivity index (χ0) is 8.48. The lowest BCUT2D eigenvalue weighted by molar-refractivity contribution is -0.129. The second-order valence-electron chi connectivity index (χ2n) is 3.07. The van der Waals surface area contributed by atoms with Crippen LogP contribution in [0.15, 0.2) is 0 Å². The van der Waals surface area contributed by atoms with Gasteiger partial charge < -0.3 is 15.1 Å². The van der Waals surface area contributed by atoms with Crippen molar-refractivity contribution in [2.24, 2.45) is 0 Å². The van der Waals surface area contributed by atoms with Crippen molar-refractivity contribution in [3.8, 4) is 0 Å². The average Bonchev–Trinajstić information content (AvgIpc) is 2.33. The number of aliphatic hydroxyl groups is 2. The number of hydrogen-bond acceptors (Lipinski definition) is 3. The number of nitrogens with zero attached hydrogens (tertiary/aromatic N) is 1. The maximum Gasteiger partial charge on any atom is 0.219 e. The molecule has 11 heavy (non-hydrogen) atoms. The topological polar surface area (TPSA) is 60.8 Å². The summed E-state index contributed by atoms with van der Waals surface area (Å²) in [6.45, 7) is 2.01. The van der Waals surface area contributed by atoms with Crippen LogP contribution in [-0.4, -0.2) is 46.3 Å². The van der Waals surface area contributed by atoms with E-state index in [0.29, 0.717) is 13.0 Å². The molecule has 0 radical (unpaired) electrons. The Morgan fingerprint density at radius 2 is 2.36 bits per heavy atom. The van der Waals surface area contributed by atoms with Gasteiger partial charge in [-0.2, -0.15) is 0 Å². The molecule has 0 aromatic rings. The highest BCUT2D eigenvalue weighted by atomic mass is 16.3. The van der Waals surface area contributed by atoms with Crippen molar-refractivity contribution < 1.29 is 15.0 Å². The summed E-state index contributed by atoms with van der Waals surface area (Å²) < 4.78 is 0. The average molecular weight is 159 g/mol. The van der Waals surface area contributed by atoms with E-state index in [0.717, 1.165) is 0 Å². The maximum atomic E-state index is 10.8. The van der Waals surface area contributed by atoms with Crippen LogP contribution in [0.25, 0.3) is 0 Å². The molecule has 1 unspecified atom stereocenters. The predicted octanol–water partition coefficient (Wildman–Crippen LogP) is -1.04. The van der Waals surface area contributed by atoms with Crippen LogP contribution in [0, 0.1) is 0 Å². The Balaban J connectivity index is 2.53. The monoisotopic (exact) mass is 159 g/mol. The van der Waals surface area contributed by atoms with E-state index in [1.54, 1.807) is 0 Å². The highest BCUT2D eigenvalue weighted by molar-refractivity contribution is 5.73. The number of carbonyl (C=O) groups excluding carboxylic acids is 1. The van der Waals surface area contributed by atoms with Crippen molar-refractivity contribution in [1.29, 1.82) is 0 Å². The molecule has 1 aliphatic heterocycles. The number of β-amino-alcohol motifs (C(OH)–C–C–N with tert-alkyl or cyclic N) is 1. The maximum absolute atomic E-state index is 10.8. The number of aliphatic hydroxyl groups excluding tert-OH is 1. The highest BCUT2D eigenvalue weighted by Gasteiger charge is 2.36. The number of hydrogen-bond donors (Lipinski definition) is 2. The number of carbonyl (C=O) groups is 1. The second-order valence-corrected chi connectivity index (χ2v) is 3.07. The Labute approximate surface area is 65.4 Å². The molecule has 0 aromatic carbocycles. The smallest absolute Gasteiger partial charge is 0.219 e. The number of likely N-dealkylation sites (tertiary alicyclic amines) is 1. The fourth-order valence-corrected chi connectivity index (χ4v) is 1.25. The molecule has 4 nitrogen and oxygen atoms in total. The largest absolute Gasteiger partial charge is 0.393 e. The van der Waals surface area contributed by atoms with Crippen molar-refractivity contribution >= 4 is 5.91 Å². The zero-order valence-electron chi connectivity index (χ0n) is 6.58. The van der Waals surface area contributed by atoms with E-state index in [9.17, 15) is 9.90 Å². The van der Waals surface area contributed by atoms with Crippen LogP contribution in [0.3, 0.4) is 0 Å². The second kappa shape index (κ2) is 2.79. The Hall–Kier alpha value is -0.610. The molecule has 0 aliphatic carbocycles. The molecule has 1 atom stereocenters. The minimum absolute atomic E-state index is 0.0469. The van der Waals surface area contributed by atoms with Crippen molar-refractivity contribution in [2.45, 2.75) is 18.9 Å². The molecule has 4 heteroatoms. The Morgan fingerprint density at radius 3 is 2.64 bits per heavy atom. The summed E-state index contributed by atoms with van der Waals surface area (Å²) in [5, 5.41) is 18.2. The van der Waals surface area contributed by atoms with Crippen molar-refractivity contribution in [3.05, 3.63) is 0 Å². The van der Waals surface area contributed by atoms with Gasteiger partial charge in [-0.1, -0.05) is 0 Å². The van der Waals surface area contributed by atoms with Gasteiger partial charge in [0.1, 0.15) is 5.60 Å². The first-order valence-corrected chi connectivity index (χ1v) is 3.66. The van der Waals surface area contributed by atoms with E-state index in [1.165, 1.54) is 11.8 Å². The Bertz CT molecular complexity index is 171. The molecule has 0 aromatic heterocycles. The van der Waals surface area contributed by atoms with Gasteiger partial charge in [0.25, 0.3) is 0 Å². The number of rotatable bonds is 1. The quantitative estimate of drug-likeness (QED) is 0.514. The minimum Gasteiger partial charge on any atom is -0.393 e. The molecule has 0 saturated carbocycles. The summed E-state index contributed by atoms with van der Waals surface area (Å²) >= 11 is 0. The summed E-state index contributed by atoms with van der Waals surface area (Å²) in [5.41, 5.74) is -1.05. The molecule has 1 heterocycles. The number of amides is 1. The van der Waals surface area contributed by atoms with Gasteiger partial charge in [0.05, 0.1) is 13.2 Å². The van der Waals surface area contributed by atoms with Crippen LogP contribution in [0.2, 0.25) is 0 Å². The SMILES string of the molecule is CC(=O)N1CCC(O)(CO)C1. The van der Waals surface area contributed by atoms with Crippen molar-refractivity contribution in [3.63, 3.8) is 0 Å². The van der Waals surface area contributed by atoms with Gasteiger partial charge in [0.2, 0.25) is 5.91 Å². The summed E-state index contributed by atoms with van der Waals surface area (Å²) in [5.74, 6) is -0.0469. The third-order valence-corrected chi connectivity index (χ3v) is 2.07. The normalized spacial score (nSPS) is 31.0. The predicted molar refractivity (Wildman–Crippen MR) is 38.9 cm³/mol. The van der Waals surface area contributed by atoms with Crippen LogP contribution < -0.4 is 0 Å². The lowest BCUT2D eigenvalue weighted by atomic mass is 10.1. The molecule has 2 N–H and O–H groups in total. The molecule has 1 rings (SSSR count). The van der Waals surface area contributed by atoms with Crippen LogP contribution in [0.1, 0.15) is 13.3 Å². The lowest BCUT2D eigenvalue weighted by Gasteiger charge is -2.19. The highest BCUT2D eigenvalue weighted by Crippen LogP contribution is 2.19. The van der Waals surface area contributed by atoms with E-state index in [1.807, 2.05) is 0 Å². The first-order valence-electron chi connectivity index (χ1n) is 3.66. The molecule has 0 spiro atoms. The Kier molecular flexibility index (Phi) is 2.15. The third kappa shape index (κ3) is 1.70. The van der Waals surface area contributed by atoms with Gasteiger partial charge in [-0.3, -0.25) is 4.79 Å². The fourth-order valence-electron chi connectivity index (χ4n) is 1.25. The molecule has 1 amide bonds. The standard InChI is InChI=1S/C7H13NO3/c1-6(10)8-3-2-7(11,4-8)5-9/h9,11H,2-5H2,1H3. The van der Waals surface area contributed by atoms with Gasteiger partial charge in [-0.15, -0.1) is 0 Å². The first-order chi connectivity index (χ1) is 5.07. The molecule has 1 aliphatic rings. The molecule has 64 valence electrons. The van der Waals surface area contributed by atoms with Crippen LogP contribution in [-0.2, 0) is 4.79 Å². The van der Waals surface area contributed by atoms with E-state index in [2.05, 4.69) is 0 Å². The third-order valence-electron chi connectivity index (χ3n) is 2.07. The molecule has 0 bridgehead atoms. The summed E-state index contributed by atoms with van der Waals surface area (Å²) in [6.07, 6.45) is 0.475. The summed E-state index contributed by atoms with van der Waals surface area (Å²) in [4.78, 5) is 12.3. The van der Waals surface area contributed by atoms with Gasteiger partial charge >= 0.3 is 0 Å². The van der Waals surface area contributed by atoms with Crippen molar-refractivity contribution in [2.75, 3.05) is 19.7 Å².